The lowest BCUT2D eigenvalue weighted by molar-refractivity contribution is -0.116. The number of carbonyl (C=O) groups excluding carboxylic acids is 1. The van der Waals surface area contributed by atoms with Gasteiger partial charge in [-0.2, -0.15) is 0 Å². The molecule has 3 heterocycles. The van der Waals surface area contributed by atoms with Crippen LogP contribution in [0.4, 0.5) is 5.13 Å². The van der Waals surface area contributed by atoms with Crippen molar-refractivity contribution in [3.05, 3.63) is 71.0 Å². The molecule has 1 amide bonds. The van der Waals surface area contributed by atoms with Crippen molar-refractivity contribution in [3.63, 3.8) is 0 Å². The van der Waals surface area contributed by atoms with Gasteiger partial charge in [0.2, 0.25) is 5.91 Å². The summed E-state index contributed by atoms with van der Waals surface area (Å²) in [5.41, 5.74) is 6.09. The molecule has 136 valence electrons. The maximum Gasteiger partial charge on any atom is 0.226 e. The molecular weight excluding hydrogens is 356 g/mol. The number of pyridine rings is 1. The lowest BCUT2D eigenvalue weighted by atomic mass is 10.1. The van der Waals surface area contributed by atoms with Gasteiger partial charge >= 0.3 is 0 Å². The standard InChI is InChI=1S/C21H20N4OS/c1-14-6-8-16(9-7-14)17-13-27-21(23-17)24-20(26)11-10-18-15(2)22-19-5-3-4-12-25(18)19/h3-9,12-13H,10-11H2,1-2H3,(H,23,24,26). The first kappa shape index (κ1) is 17.4. The van der Waals surface area contributed by atoms with Gasteiger partial charge in [-0.1, -0.05) is 35.9 Å². The Balaban J connectivity index is 1.41. The number of anilines is 1. The molecule has 0 aliphatic heterocycles. The minimum atomic E-state index is -0.0370. The Morgan fingerprint density at radius 1 is 1.11 bits per heavy atom. The quantitative estimate of drug-likeness (QED) is 0.552. The summed E-state index contributed by atoms with van der Waals surface area (Å²) in [5, 5.41) is 5.51. The third-order valence-electron chi connectivity index (χ3n) is 4.52. The fraction of sp³-hybridized carbons (Fsp3) is 0.190. The summed E-state index contributed by atoms with van der Waals surface area (Å²) in [4.78, 5) is 21.4. The summed E-state index contributed by atoms with van der Waals surface area (Å²) in [5.74, 6) is -0.0370. The van der Waals surface area contributed by atoms with Gasteiger partial charge in [-0.25, -0.2) is 9.97 Å². The van der Waals surface area contributed by atoms with E-state index in [0.717, 1.165) is 28.3 Å². The Labute approximate surface area is 161 Å². The summed E-state index contributed by atoms with van der Waals surface area (Å²) in [7, 11) is 0. The molecule has 0 saturated carbocycles. The minimum Gasteiger partial charge on any atom is -0.304 e. The van der Waals surface area contributed by atoms with Gasteiger partial charge in [0.05, 0.1) is 11.4 Å². The average Bonchev–Trinajstić information content (AvgIpc) is 3.24. The SMILES string of the molecule is Cc1ccc(-c2csc(NC(=O)CCc3c(C)nc4ccccn34)n2)cc1. The maximum atomic E-state index is 12.4. The first-order chi connectivity index (χ1) is 13.1. The molecular formula is C21H20N4OS. The summed E-state index contributed by atoms with van der Waals surface area (Å²) < 4.78 is 2.04. The Kier molecular flexibility index (Phi) is 4.73. The zero-order chi connectivity index (χ0) is 18.8. The first-order valence-electron chi connectivity index (χ1n) is 8.85. The molecule has 27 heavy (non-hydrogen) atoms. The molecule has 0 aliphatic rings. The number of imidazole rings is 1. The van der Waals surface area contributed by atoms with Crippen LogP contribution in [-0.2, 0) is 11.2 Å². The van der Waals surface area contributed by atoms with Crippen molar-refractivity contribution in [2.45, 2.75) is 26.7 Å². The summed E-state index contributed by atoms with van der Waals surface area (Å²) >= 11 is 1.45. The number of fused-ring (bicyclic) bond motifs is 1. The number of nitrogens with one attached hydrogen (secondary N) is 1. The lowest BCUT2D eigenvalue weighted by Gasteiger charge is -2.04. The normalized spacial score (nSPS) is 11.0. The van der Waals surface area contributed by atoms with Crippen LogP contribution in [-0.4, -0.2) is 20.3 Å². The summed E-state index contributed by atoms with van der Waals surface area (Å²) in [6.07, 6.45) is 3.01. The second-order valence-electron chi connectivity index (χ2n) is 6.52. The molecule has 0 radical (unpaired) electrons. The van der Waals surface area contributed by atoms with Crippen LogP contribution in [0.3, 0.4) is 0 Å². The molecule has 0 fully saturated rings. The Morgan fingerprint density at radius 2 is 1.93 bits per heavy atom. The van der Waals surface area contributed by atoms with Crippen LogP contribution in [0.25, 0.3) is 16.9 Å². The monoisotopic (exact) mass is 376 g/mol. The van der Waals surface area contributed by atoms with Gasteiger partial charge in [0, 0.05) is 29.3 Å². The van der Waals surface area contributed by atoms with Gasteiger partial charge in [0.25, 0.3) is 0 Å². The predicted molar refractivity (Wildman–Crippen MR) is 109 cm³/mol. The number of nitrogens with zero attached hydrogens (tertiary/aromatic N) is 3. The van der Waals surface area contributed by atoms with E-state index >= 15 is 0 Å². The number of hydrogen-bond donors (Lipinski definition) is 1. The fourth-order valence-corrected chi connectivity index (χ4v) is 3.80. The number of aromatic nitrogens is 3. The zero-order valence-corrected chi connectivity index (χ0v) is 16.1. The van der Waals surface area contributed by atoms with Crippen molar-refractivity contribution in [2.75, 3.05) is 5.32 Å². The van der Waals surface area contributed by atoms with E-state index < -0.39 is 0 Å². The predicted octanol–water partition coefficient (Wildman–Crippen LogP) is 4.65. The largest absolute Gasteiger partial charge is 0.304 e. The second-order valence-corrected chi connectivity index (χ2v) is 7.38. The molecule has 1 aromatic carbocycles. The molecule has 0 atom stereocenters. The van der Waals surface area contributed by atoms with E-state index in [9.17, 15) is 4.79 Å². The van der Waals surface area contributed by atoms with Crippen LogP contribution in [0.15, 0.2) is 54.0 Å². The Morgan fingerprint density at radius 3 is 2.74 bits per heavy atom. The number of hydrogen-bond acceptors (Lipinski definition) is 4. The van der Waals surface area contributed by atoms with E-state index in [0.29, 0.717) is 18.0 Å². The van der Waals surface area contributed by atoms with Gasteiger partial charge in [0.15, 0.2) is 5.13 Å². The van der Waals surface area contributed by atoms with Crippen molar-refractivity contribution in [1.82, 2.24) is 14.4 Å². The van der Waals surface area contributed by atoms with Crippen LogP contribution in [0, 0.1) is 13.8 Å². The van der Waals surface area contributed by atoms with Gasteiger partial charge in [-0.3, -0.25) is 4.79 Å². The smallest absolute Gasteiger partial charge is 0.226 e. The molecule has 0 saturated heterocycles. The molecule has 0 unspecified atom stereocenters. The van der Waals surface area contributed by atoms with Crippen LogP contribution < -0.4 is 5.32 Å². The van der Waals surface area contributed by atoms with Gasteiger partial charge in [-0.05, 0) is 32.4 Å². The van der Waals surface area contributed by atoms with Crippen molar-refractivity contribution >= 4 is 28.0 Å². The number of aryl methyl sites for hydroxylation is 3. The molecule has 1 N–H and O–H groups in total. The highest BCUT2D eigenvalue weighted by Crippen LogP contribution is 2.25. The number of carbonyl (C=O) groups is 1. The number of rotatable bonds is 5. The molecule has 4 rings (SSSR count). The number of benzene rings is 1. The third kappa shape index (κ3) is 3.75. The molecule has 5 nitrogen and oxygen atoms in total. The molecule has 0 bridgehead atoms. The lowest BCUT2D eigenvalue weighted by Crippen LogP contribution is -2.13. The third-order valence-corrected chi connectivity index (χ3v) is 5.27. The average molecular weight is 376 g/mol. The van der Waals surface area contributed by atoms with Crippen molar-refractivity contribution < 1.29 is 4.79 Å². The van der Waals surface area contributed by atoms with E-state index in [1.165, 1.54) is 16.9 Å². The second kappa shape index (κ2) is 7.32. The highest BCUT2D eigenvalue weighted by atomic mass is 32.1. The van der Waals surface area contributed by atoms with E-state index in [2.05, 4.69) is 34.3 Å². The summed E-state index contributed by atoms with van der Waals surface area (Å²) in [6, 6.07) is 14.1. The molecule has 6 heteroatoms. The summed E-state index contributed by atoms with van der Waals surface area (Å²) in [6.45, 7) is 4.04. The maximum absolute atomic E-state index is 12.4. The highest BCUT2D eigenvalue weighted by molar-refractivity contribution is 7.14. The van der Waals surface area contributed by atoms with E-state index in [-0.39, 0.29) is 5.91 Å². The Hall–Kier alpha value is -2.99. The van der Waals surface area contributed by atoms with Crippen LogP contribution in [0.1, 0.15) is 23.4 Å². The number of amides is 1. The van der Waals surface area contributed by atoms with E-state index in [4.69, 9.17) is 0 Å². The van der Waals surface area contributed by atoms with Gasteiger partial charge < -0.3 is 9.72 Å². The molecule has 4 aromatic rings. The molecule has 0 spiro atoms. The zero-order valence-electron chi connectivity index (χ0n) is 15.3. The topological polar surface area (TPSA) is 59.3 Å². The van der Waals surface area contributed by atoms with Gasteiger partial charge in [-0.15, -0.1) is 11.3 Å². The van der Waals surface area contributed by atoms with E-state index in [1.54, 1.807) is 0 Å². The Bertz CT molecular complexity index is 1100. The van der Waals surface area contributed by atoms with Crippen molar-refractivity contribution in [2.24, 2.45) is 0 Å². The van der Waals surface area contributed by atoms with Crippen LogP contribution >= 0.6 is 11.3 Å². The fourth-order valence-electron chi connectivity index (χ4n) is 3.07. The van der Waals surface area contributed by atoms with Gasteiger partial charge in [0.1, 0.15) is 5.65 Å². The number of thiazole rings is 1. The highest BCUT2D eigenvalue weighted by Gasteiger charge is 2.12. The van der Waals surface area contributed by atoms with E-state index in [1.807, 2.05) is 53.2 Å². The van der Waals surface area contributed by atoms with Crippen molar-refractivity contribution in [1.29, 1.82) is 0 Å². The minimum absolute atomic E-state index is 0.0370. The first-order valence-corrected chi connectivity index (χ1v) is 9.73. The van der Waals surface area contributed by atoms with Crippen molar-refractivity contribution in [3.8, 4) is 11.3 Å². The van der Waals surface area contributed by atoms with Crippen LogP contribution in [0.5, 0.6) is 0 Å². The molecule has 3 aromatic heterocycles. The molecule has 0 aliphatic carbocycles. The van der Waals surface area contributed by atoms with Crippen LogP contribution in [0.2, 0.25) is 0 Å².